The Morgan fingerprint density at radius 2 is 2.54 bits per heavy atom. The maximum atomic E-state index is 10.8. The van der Waals surface area contributed by atoms with Gasteiger partial charge in [0.25, 0.3) is 0 Å². The summed E-state index contributed by atoms with van der Waals surface area (Å²) in [5, 5.41) is 12.9. The van der Waals surface area contributed by atoms with Crippen molar-refractivity contribution in [1.82, 2.24) is 9.78 Å². The van der Waals surface area contributed by atoms with Crippen LogP contribution in [-0.2, 0) is 13.0 Å². The molecule has 1 aromatic rings. The van der Waals surface area contributed by atoms with Gasteiger partial charge in [-0.3, -0.25) is 4.68 Å². The lowest BCUT2D eigenvalue weighted by Gasteiger charge is -2.19. The van der Waals surface area contributed by atoms with Gasteiger partial charge in [0, 0.05) is 6.54 Å². The van der Waals surface area contributed by atoms with Crippen molar-refractivity contribution < 1.29 is 9.90 Å². The predicted molar refractivity (Wildman–Crippen MR) is 46.7 cm³/mol. The Kier molecular flexibility index (Phi) is 1.83. The van der Waals surface area contributed by atoms with Crippen molar-refractivity contribution in [3.8, 4) is 0 Å². The lowest BCUT2D eigenvalue weighted by Crippen LogP contribution is -2.19. The van der Waals surface area contributed by atoms with Gasteiger partial charge in [0.1, 0.15) is 5.56 Å². The van der Waals surface area contributed by atoms with Crippen LogP contribution < -0.4 is 0 Å². The van der Waals surface area contributed by atoms with E-state index in [0.29, 0.717) is 11.5 Å². The molecular weight excluding hydrogens is 168 g/mol. The van der Waals surface area contributed by atoms with Crippen LogP contribution in [0.5, 0.6) is 0 Å². The Labute approximate surface area is 76.2 Å². The number of nitrogens with zero attached hydrogens (tertiary/aromatic N) is 2. The highest BCUT2D eigenvalue weighted by molar-refractivity contribution is 5.88. The Balaban J connectivity index is 2.41. The van der Waals surface area contributed by atoms with Crippen molar-refractivity contribution in [2.75, 3.05) is 0 Å². The van der Waals surface area contributed by atoms with Gasteiger partial charge >= 0.3 is 5.97 Å². The molecule has 0 saturated carbocycles. The average molecular weight is 180 g/mol. The van der Waals surface area contributed by atoms with E-state index in [1.165, 1.54) is 6.20 Å². The molecule has 13 heavy (non-hydrogen) atoms. The monoisotopic (exact) mass is 180 g/mol. The van der Waals surface area contributed by atoms with Crippen LogP contribution in [0.3, 0.4) is 0 Å². The van der Waals surface area contributed by atoms with E-state index in [1.807, 2.05) is 4.68 Å². The molecule has 0 fully saturated rings. The van der Waals surface area contributed by atoms with Gasteiger partial charge in [-0.25, -0.2) is 4.79 Å². The van der Waals surface area contributed by atoms with E-state index in [9.17, 15) is 4.79 Å². The van der Waals surface area contributed by atoms with E-state index in [2.05, 4.69) is 12.0 Å². The summed E-state index contributed by atoms with van der Waals surface area (Å²) in [7, 11) is 0. The zero-order valence-corrected chi connectivity index (χ0v) is 7.53. The van der Waals surface area contributed by atoms with Gasteiger partial charge in [-0.15, -0.1) is 0 Å². The van der Waals surface area contributed by atoms with Crippen molar-refractivity contribution in [1.29, 1.82) is 0 Å². The maximum absolute atomic E-state index is 10.8. The van der Waals surface area contributed by atoms with Gasteiger partial charge in [0.15, 0.2) is 0 Å². The summed E-state index contributed by atoms with van der Waals surface area (Å²) in [6.07, 6.45) is 3.38. The summed E-state index contributed by atoms with van der Waals surface area (Å²) < 4.78 is 1.81. The highest BCUT2D eigenvalue weighted by atomic mass is 16.4. The number of carboxylic acid groups (broad SMARTS) is 1. The standard InChI is InChI=1S/C9H12N2O2/c1-6-2-3-11-8(4-6)7(5-10-11)9(12)13/h5-6H,2-4H2,1H3,(H,12,13)/t6-/m0/s1. The summed E-state index contributed by atoms with van der Waals surface area (Å²) in [5.74, 6) is -0.294. The number of aromatic nitrogens is 2. The second kappa shape index (κ2) is 2.87. The highest BCUT2D eigenvalue weighted by Crippen LogP contribution is 2.22. The second-order valence-electron chi connectivity index (χ2n) is 3.63. The van der Waals surface area contributed by atoms with Gasteiger partial charge in [0.2, 0.25) is 0 Å². The molecule has 0 aromatic carbocycles. The van der Waals surface area contributed by atoms with Crippen molar-refractivity contribution in [2.24, 2.45) is 5.92 Å². The third-order valence-corrected chi connectivity index (χ3v) is 2.55. The highest BCUT2D eigenvalue weighted by Gasteiger charge is 2.22. The van der Waals surface area contributed by atoms with E-state index in [1.54, 1.807) is 0 Å². The molecule has 4 nitrogen and oxygen atoms in total. The fourth-order valence-corrected chi connectivity index (χ4v) is 1.77. The number of fused-ring (bicyclic) bond motifs is 1. The lowest BCUT2D eigenvalue weighted by atomic mass is 9.96. The quantitative estimate of drug-likeness (QED) is 0.705. The number of aromatic carboxylic acids is 1. The molecule has 0 aliphatic carbocycles. The van der Waals surface area contributed by atoms with Crippen molar-refractivity contribution in [2.45, 2.75) is 26.3 Å². The number of aryl methyl sites for hydroxylation is 1. The molecule has 0 bridgehead atoms. The molecule has 1 N–H and O–H groups in total. The molecule has 0 unspecified atom stereocenters. The topological polar surface area (TPSA) is 55.1 Å². The second-order valence-corrected chi connectivity index (χ2v) is 3.63. The number of carbonyl (C=O) groups is 1. The van der Waals surface area contributed by atoms with E-state index < -0.39 is 5.97 Å². The maximum Gasteiger partial charge on any atom is 0.339 e. The minimum atomic E-state index is -0.865. The lowest BCUT2D eigenvalue weighted by molar-refractivity contribution is 0.0695. The van der Waals surface area contributed by atoms with Gasteiger partial charge in [-0.05, 0) is 18.8 Å². The summed E-state index contributed by atoms with van der Waals surface area (Å²) in [4.78, 5) is 10.8. The molecule has 1 aromatic heterocycles. The zero-order chi connectivity index (χ0) is 9.42. The van der Waals surface area contributed by atoms with E-state index >= 15 is 0 Å². The minimum absolute atomic E-state index is 0.367. The van der Waals surface area contributed by atoms with Crippen molar-refractivity contribution >= 4 is 5.97 Å². The van der Waals surface area contributed by atoms with Gasteiger partial charge in [-0.2, -0.15) is 5.10 Å². The molecule has 1 aliphatic heterocycles. The first-order chi connectivity index (χ1) is 6.18. The molecule has 70 valence electrons. The van der Waals surface area contributed by atoms with Crippen LogP contribution in [0.4, 0.5) is 0 Å². The first-order valence-corrected chi connectivity index (χ1v) is 4.46. The van der Waals surface area contributed by atoms with Crippen LogP contribution in [-0.4, -0.2) is 20.9 Å². The van der Waals surface area contributed by atoms with E-state index in [4.69, 9.17) is 5.11 Å². The SMILES string of the molecule is C[C@H]1CCn2ncc(C(=O)O)c2C1. The van der Waals surface area contributed by atoms with Crippen LogP contribution >= 0.6 is 0 Å². The minimum Gasteiger partial charge on any atom is -0.478 e. The normalized spacial score (nSPS) is 21.2. The van der Waals surface area contributed by atoms with Gasteiger partial charge in [-0.1, -0.05) is 6.92 Å². The first kappa shape index (κ1) is 8.29. The fraction of sp³-hybridized carbons (Fsp3) is 0.556. The zero-order valence-electron chi connectivity index (χ0n) is 7.53. The molecule has 0 amide bonds. The number of carboxylic acids is 1. The molecule has 1 atom stereocenters. The van der Waals surface area contributed by atoms with Gasteiger partial charge < -0.3 is 5.11 Å². The Morgan fingerprint density at radius 1 is 1.77 bits per heavy atom. The van der Waals surface area contributed by atoms with Crippen molar-refractivity contribution in [3.05, 3.63) is 17.5 Å². The van der Waals surface area contributed by atoms with Gasteiger partial charge in [0.05, 0.1) is 11.9 Å². The molecule has 0 radical (unpaired) electrons. The number of rotatable bonds is 1. The summed E-state index contributed by atoms with van der Waals surface area (Å²) in [5.41, 5.74) is 1.25. The molecule has 0 saturated heterocycles. The van der Waals surface area contributed by atoms with Crippen LogP contribution in [0.15, 0.2) is 6.20 Å². The predicted octanol–water partition coefficient (Wildman–Crippen LogP) is 1.16. The fourth-order valence-electron chi connectivity index (χ4n) is 1.77. The van der Waals surface area contributed by atoms with Crippen LogP contribution in [0.2, 0.25) is 0 Å². The van der Waals surface area contributed by atoms with E-state index in [-0.39, 0.29) is 0 Å². The molecular formula is C9H12N2O2. The van der Waals surface area contributed by atoms with E-state index in [0.717, 1.165) is 25.1 Å². The van der Waals surface area contributed by atoms with Crippen LogP contribution in [0, 0.1) is 5.92 Å². The summed E-state index contributed by atoms with van der Waals surface area (Å²) >= 11 is 0. The third-order valence-electron chi connectivity index (χ3n) is 2.55. The smallest absolute Gasteiger partial charge is 0.339 e. The summed E-state index contributed by atoms with van der Waals surface area (Å²) in [6, 6.07) is 0. The Bertz CT molecular complexity index is 343. The number of hydrogen-bond acceptors (Lipinski definition) is 2. The molecule has 2 heterocycles. The first-order valence-electron chi connectivity index (χ1n) is 4.46. The average Bonchev–Trinajstić information content (AvgIpc) is 2.46. The van der Waals surface area contributed by atoms with Crippen LogP contribution in [0.1, 0.15) is 29.4 Å². The Morgan fingerprint density at radius 3 is 3.23 bits per heavy atom. The van der Waals surface area contributed by atoms with Crippen LogP contribution in [0.25, 0.3) is 0 Å². The molecule has 4 heteroatoms. The summed E-state index contributed by atoms with van der Waals surface area (Å²) in [6.45, 7) is 2.99. The van der Waals surface area contributed by atoms with Crippen molar-refractivity contribution in [3.63, 3.8) is 0 Å². The third kappa shape index (κ3) is 1.32. The number of hydrogen-bond donors (Lipinski definition) is 1. The molecule has 2 rings (SSSR count). The molecule has 0 spiro atoms. The molecule has 1 aliphatic rings. The largest absolute Gasteiger partial charge is 0.478 e. The Hall–Kier alpha value is -1.32.